The Kier molecular flexibility index (Phi) is 7.06. The van der Waals surface area contributed by atoms with Gasteiger partial charge in [0, 0.05) is 29.7 Å². The van der Waals surface area contributed by atoms with E-state index in [0.717, 1.165) is 12.1 Å². The lowest BCUT2D eigenvalue weighted by Crippen LogP contribution is -2.56. The van der Waals surface area contributed by atoms with Crippen LogP contribution in [-0.2, 0) is 16.4 Å². The van der Waals surface area contributed by atoms with Gasteiger partial charge < -0.3 is 15.5 Å². The molecule has 2 saturated carbocycles. The van der Waals surface area contributed by atoms with Gasteiger partial charge in [0.25, 0.3) is 5.91 Å². The van der Waals surface area contributed by atoms with E-state index < -0.39 is 56.2 Å². The molecule has 3 N–H and O–H groups in total. The largest absolute Gasteiger partial charge is 0.388 e. The summed E-state index contributed by atoms with van der Waals surface area (Å²) < 4.78 is 55.7. The minimum absolute atomic E-state index is 0.00469. The molecule has 1 heterocycles. The van der Waals surface area contributed by atoms with Crippen molar-refractivity contribution in [2.24, 2.45) is 11.8 Å². The number of aliphatic hydroxyl groups is 2. The summed E-state index contributed by atoms with van der Waals surface area (Å²) in [5.41, 5.74) is -1.46. The van der Waals surface area contributed by atoms with E-state index >= 15 is 0 Å². The van der Waals surface area contributed by atoms with E-state index in [1.165, 1.54) is 28.9 Å². The number of carbonyl (C=O) groups excluding carboxylic acids is 1. The molecule has 2 aliphatic rings. The molecule has 5 atom stereocenters. The zero-order chi connectivity index (χ0) is 27.2. The summed E-state index contributed by atoms with van der Waals surface area (Å²) in [5, 5.41) is 28.0. The fourth-order valence-electron chi connectivity index (χ4n) is 5.89. The van der Waals surface area contributed by atoms with E-state index in [-0.39, 0.29) is 40.6 Å². The van der Waals surface area contributed by atoms with Crippen LogP contribution in [0.15, 0.2) is 59.8 Å². The molecule has 1 aromatic heterocycles. The predicted molar refractivity (Wildman–Crippen MR) is 135 cm³/mol. The van der Waals surface area contributed by atoms with Crippen LogP contribution in [0.4, 0.5) is 14.5 Å². The minimum atomic E-state index is -4.02. The molecule has 0 saturated heterocycles. The number of halogens is 3. The Bertz CT molecular complexity index is 1450. The van der Waals surface area contributed by atoms with E-state index in [1.54, 1.807) is 18.5 Å². The van der Waals surface area contributed by atoms with Gasteiger partial charge >= 0.3 is 0 Å². The highest BCUT2D eigenvalue weighted by Gasteiger charge is 2.59. The van der Waals surface area contributed by atoms with Gasteiger partial charge in [0.05, 0.1) is 27.3 Å². The molecule has 1 amide bonds. The van der Waals surface area contributed by atoms with Crippen molar-refractivity contribution in [3.05, 3.63) is 77.1 Å². The number of sulfone groups is 1. The second-order valence-corrected chi connectivity index (χ2v) is 12.6. The standard InChI is InChI=1S/C26H26ClF2N3O5S/c27-20-6-2-15(25(34)31-18-5-7-21(28)22(29)13-18)10-23(20)38(36,37)19-11-16-3-4-17(12-19)26(16,35)24(33)14-32-9-1-8-30-32/h1-2,5-10,13,16-17,19,24,33,35H,3-4,11-12,14H2,(H,31,34)/t16-,17+,19-,24?,26-. The summed E-state index contributed by atoms with van der Waals surface area (Å²) in [4.78, 5) is 12.5. The summed E-state index contributed by atoms with van der Waals surface area (Å²) >= 11 is 6.28. The molecule has 202 valence electrons. The molecule has 1 unspecified atom stereocenters. The summed E-state index contributed by atoms with van der Waals surface area (Å²) in [6, 6.07) is 8.40. The number of aromatic nitrogens is 2. The van der Waals surface area contributed by atoms with Gasteiger partial charge in [0.15, 0.2) is 21.5 Å². The van der Waals surface area contributed by atoms with Crippen LogP contribution < -0.4 is 5.32 Å². The molecule has 2 bridgehead atoms. The van der Waals surface area contributed by atoms with Crippen molar-refractivity contribution in [1.82, 2.24) is 9.78 Å². The first-order valence-electron chi connectivity index (χ1n) is 12.2. The lowest BCUT2D eigenvalue weighted by Gasteiger charge is -2.45. The number of anilines is 1. The second-order valence-electron chi connectivity index (χ2n) is 9.97. The average Bonchev–Trinajstić information content (AvgIpc) is 3.42. The smallest absolute Gasteiger partial charge is 0.255 e. The first kappa shape index (κ1) is 26.7. The Balaban J connectivity index is 1.36. The van der Waals surface area contributed by atoms with Crippen molar-refractivity contribution in [1.29, 1.82) is 0 Å². The molecule has 12 heteroatoms. The SMILES string of the molecule is O=C(Nc1ccc(F)c(F)c1)c1ccc(Cl)c(S(=O)(=O)[C@@H]2C[C@H]3CC[C@@H](C2)[C@@]3(O)C(O)Cn2cccn2)c1. The van der Waals surface area contributed by atoms with Crippen LogP contribution in [0.25, 0.3) is 0 Å². The number of nitrogens with zero attached hydrogens (tertiary/aromatic N) is 2. The number of amides is 1. The van der Waals surface area contributed by atoms with E-state index in [2.05, 4.69) is 10.4 Å². The molecule has 0 aliphatic heterocycles. The quantitative estimate of drug-likeness (QED) is 0.400. The van der Waals surface area contributed by atoms with Gasteiger partial charge in [-0.3, -0.25) is 9.48 Å². The fourth-order valence-corrected chi connectivity index (χ4v) is 8.29. The molecule has 8 nitrogen and oxygen atoms in total. The Morgan fingerprint density at radius 1 is 1.16 bits per heavy atom. The third-order valence-electron chi connectivity index (χ3n) is 7.84. The van der Waals surface area contributed by atoms with Gasteiger partial charge in [-0.05, 0) is 73.9 Å². The number of carbonyl (C=O) groups is 1. The first-order chi connectivity index (χ1) is 18.0. The van der Waals surface area contributed by atoms with Crippen molar-refractivity contribution in [2.45, 2.75) is 54.1 Å². The van der Waals surface area contributed by atoms with Gasteiger partial charge in [0.1, 0.15) is 6.10 Å². The van der Waals surface area contributed by atoms with Crippen molar-refractivity contribution < 1.29 is 32.2 Å². The normalized spacial score (nSPS) is 25.8. The molecular weight excluding hydrogens is 540 g/mol. The number of hydrogen-bond donors (Lipinski definition) is 3. The Morgan fingerprint density at radius 3 is 2.50 bits per heavy atom. The summed E-state index contributed by atoms with van der Waals surface area (Å²) in [6.07, 6.45) is 3.56. The van der Waals surface area contributed by atoms with E-state index in [4.69, 9.17) is 11.6 Å². The Morgan fingerprint density at radius 2 is 1.87 bits per heavy atom. The van der Waals surface area contributed by atoms with Crippen molar-refractivity contribution in [3.63, 3.8) is 0 Å². The fraction of sp³-hybridized carbons (Fsp3) is 0.385. The Hall–Kier alpha value is -2.86. The molecule has 0 spiro atoms. The van der Waals surface area contributed by atoms with Crippen LogP contribution in [0.1, 0.15) is 36.0 Å². The predicted octanol–water partition coefficient (Wildman–Crippen LogP) is 3.82. The van der Waals surface area contributed by atoms with Crippen LogP contribution in [0.2, 0.25) is 5.02 Å². The average molecular weight is 566 g/mol. The molecule has 2 aromatic carbocycles. The third kappa shape index (κ3) is 4.72. The second kappa shape index (κ2) is 10.0. The molecule has 2 aliphatic carbocycles. The maximum absolute atomic E-state index is 13.7. The highest BCUT2D eigenvalue weighted by atomic mass is 35.5. The van der Waals surface area contributed by atoms with Gasteiger partial charge in [-0.2, -0.15) is 5.10 Å². The number of aliphatic hydroxyl groups excluding tert-OH is 1. The van der Waals surface area contributed by atoms with Crippen LogP contribution in [0, 0.1) is 23.5 Å². The van der Waals surface area contributed by atoms with Gasteiger partial charge in [-0.1, -0.05) is 11.6 Å². The van der Waals surface area contributed by atoms with E-state index in [0.29, 0.717) is 12.8 Å². The maximum atomic E-state index is 13.7. The summed E-state index contributed by atoms with van der Waals surface area (Å²) in [7, 11) is -4.02. The number of benzene rings is 2. The lowest BCUT2D eigenvalue weighted by molar-refractivity contribution is -0.147. The minimum Gasteiger partial charge on any atom is -0.388 e. The van der Waals surface area contributed by atoms with Gasteiger partial charge in [-0.15, -0.1) is 0 Å². The monoisotopic (exact) mass is 565 g/mol. The number of fused-ring (bicyclic) bond motifs is 2. The zero-order valence-corrected chi connectivity index (χ0v) is 21.7. The van der Waals surface area contributed by atoms with Crippen molar-refractivity contribution in [3.8, 4) is 0 Å². The summed E-state index contributed by atoms with van der Waals surface area (Å²) in [5.74, 6) is -3.80. The lowest BCUT2D eigenvalue weighted by atomic mass is 9.71. The molecule has 2 fully saturated rings. The number of rotatable bonds is 7. The molecule has 3 aromatic rings. The Labute approximate surface area is 223 Å². The zero-order valence-electron chi connectivity index (χ0n) is 20.1. The van der Waals surface area contributed by atoms with Crippen LogP contribution in [-0.4, -0.2) is 51.3 Å². The summed E-state index contributed by atoms with van der Waals surface area (Å²) in [6.45, 7) is 0.0921. The first-order valence-corrected chi connectivity index (χ1v) is 14.1. The molecular formula is C26H26ClF2N3O5S. The van der Waals surface area contributed by atoms with E-state index in [9.17, 15) is 32.2 Å². The molecule has 0 radical (unpaired) electrons. The van der Waals surface area contributed by atoms with E-state index in [1.807, 2.05) is 0 Å². The molecule has 38 heavy (non-hydrogen) atoms. The van der Waals surface area contributed by atoms with Crippen LogP contribution in [0.3, 0.4) is 0 Å². The highest BCUT2D eigenvalue weighted by Crippen LogP contribution is 2.53. The van der Waals surface area contributed by atoms with Gasteiger partial charge in [0.2, 0.25) is 0 Å². The van der Waals surface area contributed by atoms with Crippen LogP contribution in [0.5, 0.6) is 0 Å². The molecule has 5 rings (SSSR count). The van der Waals surface area contributed by atoms with Crippen molar-refractivity contribution >= 4 is 33.0 Å². The maximum Gasteiger partial charge on any atom is 0.255 e. The number of nitrogens with one attached hydrogen (secondary N) is 1. The topological polar surface area (TPSA) is 122 Å². The van der Waals surface area contributed by atoms with Crippen LogP contribution >= 0.6 is 11.6 Å². The third-order valence-corrected chi connectivity index (χ3v) is 10.5. The van der Waals surface area contributed by atoms with Gasteiger partial charge in [-0.25, -0.2) is 17.2 Å². The highest BCUT2D eigenvalue weighted by molar-refractivity contribution is 7.92. The van der Waals surface area contributed by atoms with Crippen molar-refractivity contribution in [2.75, 3.05) is 5.32 Å². The number of hydrogen-bond acceptors (Lipinski definition) is 6.